The second-order valence-corrected chi connectivity index (χ2v) is 7.54. The molecular weight excluding hydrogens is 330 g/mol. The Morgan fingerprint density at radius 2 is 1.22 bits per heavy atom. The van der Waals surface area contributed by atoms with Gasteiger partial charge < -0.3 is 10.4 Å². The summed E-state index contributed by atoms with van der Waals surface area (Å²) < 4.78 is 0. The van der Waals surface area contributed by atoms with Crippen LogP contribution in [0.5, 0.6) is 0 Å². The lowest BCUT2D eigenvalue weighted by atomic mass is 9.78. The van der Waals surface area contributed by atoms with Crippen LogP contribution in [-0.2, 0) is 5.60 Å². The molecule has 1 aliphatic rings. The van der Waals surface area contributed by atoms with Crippen molar-refractivity contribution < 1.29 is 5.11 Å². The molecule has 1 heterocycles. The van der Waals surface area contributed by atoms with Crippen molar-refractivity contribution in [3.05, 3.63) is 96.1 Å². The average molecular weight is 353 g/mol. The van der Waals surface area contributed by atoms with Crippen molar-refractivity contribution >= 4 is 21.5 Å². The lowest BCUT2D eigenvalue weighted by Crippen LogP contribution is -2.46. The maximum atomic E-state index is 12.1. The van der Waals surface area contributed by atoms with E-state index in [-0.39, 0.29) is 6.04 Å². The fourth-order valence-electron chi connectivity index (χ4n) is 4.46. The number of benzene rings is 4. The first-order chi connectivity index (χ1) is 13.2. The third-order valence-corrected chi connectivity index (χ3v) is 5.94. The van der Waals surface area contributed by atoms with Crippen LogP contribution in [0.2, 0.25) is 0 Å². The summed E-state index contributed by atoms with van der Waals surface area (Å²) in [5, 5.41) is 20.4. The largest absolute Gasteiger partial charge is 0.379 e. The van der Waals surface area contributed by atoms with Gasteiger partial charge in [-0.1, -0.05) is 72.8 Å². The molecule has 1 atom stereocenters. The van der Waals surface area contributed by atoms with Gasteiger partial charge in [-0.15, -0.1) is 0 Å². The molecule has 0 bridgehead atoms. The molecule has 0 amide bonds. The van der Waals surface area contributed by atoms with Gasteiger partial charge in [0, 0.05) is 6.04 Å². The van der Waals surface area contributed by atoms with Gasteiger partial charge in [-0.2, -0.15) is 0 Å². The van der Waals surface area contributed by atoms with E-state index in [9.17, 15) is 5.11 Å². The van der Waals surface area contributed by atoms with E-state index in [1.807, 2.05) is 0 Å². The minimum Gasteiger partial charge on any atom is -0.379 e. The molecule has 2 N–H and O–H groups in total. The zero-order valence-corrected chi connectivity index (χ0v) is 15.2. The maximum absolute atomic E-state index is 12.1. The number of rotatable bonds is 3. The highest BCUT2D eigenvalue weighted by Crippen LogP contribution is 2.38. The molecule has 0 aromatic heterocycles. The lowest BCUT2D eigenvalue weighted by Gasteiger charge is -2.36. The van der Waals surface area contributed by atoms with E-state index < -0.39 is 5.60 Å². The molecule has 4 aromatic carbocycles. The molecule has 2 heteroatoms. The van der Waals surface area contributed by atoms with E-state index in [4.69, 9.17) is 0 Å². The van der Waals surface area contributed by atoms with E-state index >= 15 is 0 Å². The van der Waals surface area contributed by atoms with Crippen molar-refractivity contribution in [1.29, 1.82) is 0 Å². The Morgan fingerprint density at radius 1 is 0.704 bits per heavy atom. The van der Waals surface area contributed by atoms with Crippen molar-refractivity contribution in [2.45, 2.75) is 24.5 Å². The predicted octanol–water partition coefficient (Wildman–Crippen LogP) is 4.98. The second kappa shape index (κ2) is 6.49. The fourth-order valence-corrected chi connectivity index (χ4v) is 4.46. The smallest absolute Gasteiger partial charge is 0.130 e. The fraction of sp³-hybridized carbons (Fsp3) is 0.200. The van der Waals surface area contributed by atoms with Crippen LogP contribution in [0, 0.1) is 0 Å². The molecule has 1 aliphatic heterocycles. The van der Waals surface area contributed by atoms with Crippen LogP contribution in [0.3, 0.4) is 0 Å². The maximum Gasteiger partial charge on any atom is 0.130 e. The Hall–Kier alpha value is -2.68. The van der Waals surface area contributed by atoms with Gasteiger partial charge in [0.2, 0.25) is 0 Å². The third-order valence-electron chi connectivity index (χ3n) is 5.94. The van der Waals surface area contributed by atoms with Crippen LogP contribution < -0.4 is 5.32 Å². The molecule has 4 aromatic rings. The van der Waals surface area contributed by atoms with E-state index in [1.165, 1.54) is 10.8 Å². The van der Waals surface area contributed by atoms with Crippen molar-refractivity contribution in [1.82, 2.24) is 5.32 Å². The highest BCUT2D eigenvalue weighted by molar-refractivity contribution is 5.85. The summed E-state index contributed by atoms with van der Waals surface area (Å²) in [7, 11) is 0. The SMILES string of the molecule is OC(c1ccc2ccccc2c1)(c1ccc2ccccc2c1)[C@H]1CCCN1. The number of hydrogen-bond donors (Lipinski definition) is 2. The average Bonchev–Trinajstić information content (AvgIpc) is 3.28. The highest BCUT2D eigenvalue weighted by Gasteiger charge is 2.41. The van der Waals surface area contributed by atoms with Gasteiger partial charge in [-0.05, 0) is 64.2 Å². The Labute approximate surface area is 159 Å². The highest BCUT2D eigenvalue weighted by atomic mass is 16.3. The molecule has 0 spiro atoms. The van der Waals surface area contributed by atoms with E-state index in [1.54, 1.807) is 0 Å². The van der Waals surface area contributed by atoms with Gasteiger partial charge in [0.25, 0.3) is 0 Å². The van der Waals surface area contributed by atoms with Crippen molar-refractivity contribution in [3.63, 3.8) is 0 Å². The molecule has 1 fully saturated rings. The van der Waals surface area contributed by atoms with Crippen LogP contribution in [0.4, 0.5) is 0 Å². The molecular formula is C25H23NO. The number of aliphatic hydroxyl groups is 1. The first-order valence-electron chi connectivity index (χ1n) is 9.69. The Bertz CT molecular complexity index is 1030. The Morgan fingerprint density at radius 3 is 1.70 bits per heavy atom. The normalized spacial score (nSPS) is 17.6. The number of fused-ring (bicyclic) bond motifs is 2. The van der Waals surface area contributed by atoms with Gasteiger partial charge in [0.15, 0.2) is 0 Å². The van der Waals surface area contributed by atoms with Crippen LogP contribution in [0.25, 0.3) is 21.5 Å². The summed E-state index contributed by atoms with van der Waals surface area (Å²) in [4.78, 5) is 0. The summed E-state index contributed by atoms with van der Waals surface area (Å²) in [5.41, 5.74) is 0.858. The van der Waals surface area contributed by atoms with Gasteiger partial charge in [0.1, 0.15) is 5.60 Å². The van der Waals surface area contributed by atoms with Gasteiger partial charge >= 0.3 is 0 Å². The minimum absolute atomic E-state index is 0.0137. The quantitative estimate of drug-likeness (QED) is 0.544. The van der Waals surface area contributed by atoms with Gasteiger partial charge in [-0.25, -0.2) is 0 Å². The molecule has 27 heavy (non-hydrogen) atoms. The molecule has 2 nitrogen and oxygen atoms in total. The lowest BCUT2D eigenvalue weighted by molar-refractivity contribution is 0.0445. The van der Waals surface area contributed by atoms with Crippen molar-refractivity contribution in [2.75, 3.05) is 6.54 Å². The topological polar surface area (TPSA) is 32.3 Å². The van der Waals surface area contributed by atoms with Crippen LogP contribution in [0.15, 0.2) is 84.9 Å². The summed E-state index contributed by atoms with van der Waals surface area (Å²) in [6, 6.07) is 29.4. The standard InChI is InChI=1S/C25H23NO/c27-25(24-10-5-15-26-24,22-13-11-18-6-1-3-8-20(18)16-22)23-14-12-19-7-2-4-9-21(19)17-23/h1-4,6-9,11-14,16-17,24,26-27H,5,10,15H2/t24-/m1/s1. The summed E-state index contributed by atoms with van der Waals surface area (Å²) >= 11 is 0. The minimum atomic E-state index is -1.05. The van der Waals surface area contributed by atoms with Crippen LogP contribution in [-0.4, -0.2) is 17.7 Å². The molecule has 0 radical (unpaired) electrons. The summed E-state index contributed by atoms with van der Waals surface area (Å²) in [6.07, 6.45) is 2.06. The van der Waals surface area contributed by atoms with Gasteiger partial charge in [0.05, 0.1) is 0 Å². The van der Waals surface area contributed by atoms with E-state index in [2.05, 4.69) is 90.2 Å². The number of nitrogens with one attached hydrogen (secondary N) is 1. The Balaban J connectivity index is 1.72. The third kappa shape index (κ3) is 2.73. The predicted molar refractivity (Wildman–Crippen MR) is 112 cm³/mol. The molecule has 5 rings (SSSR count). The molecule has 0 saturated carbocycles. The van der Waals surface area contributed by atoms with Crippen molar-refractivity contribution in [2.24, 2.45) is 0 Å². The van der Waals surface area contributed by atoms with E-state index in [0.29, 0.717) is 0 Å². The van der Waals surface area contributed by atoms with Crippen LogP contribution in [0.1, 0.15) is 24.0 Å². The molecule has 0 unspecified atom stereocenters. The van der Waals surface area contributed by atoms with Crippen molar-refractivity contribution in [3.8, 4) is 0 Å². The molecule has 0 aliphatic carbocycles. The van der Waals surface area contributed by atoms with Gasteiger partial charge in [-0.3, -0.25) is 0 Å². The first kappa shape index (κ1) is 16.5. The summed E-state index contributed by atoms with van der Waals surface area (Å²) in [5.74, 6) is 0. The second-order valence-electron chi connectivity index (χ2n) is 7.54. The molecule has 134 valence electrons. The first-order valence-corrected chi connectivity index (χ1v) is 9.69. The Kier molecular flexibility index (Phi) is 3.96. The zero-order chi connectivity index (χ0) is 18.3. The van der Waals surface area contributed by atoms with Crippen LogP contribution >= 0.6 is 0 Å². The number of hydrogen-bond acceptors (Lipinski definition) is 2. The molecule has 1 saturated heterocycles. The summed E-state index contributed by atoms with van der Waals surface area (Å²) in [6.45, 7) is 0.953. The monoisotopic (exact) mass is 353 g/mol. The zero-order valence-electron chi connectivity index (χ0n) is 15.2. The van der Waals surface area contributed by atoms with E-state index in [0.717, 1.165) is 41.3 Å².